The average molecular weight is 340 g/mol. The molecule has 0 radical (unpaired) electrons. The maximum atomic E-state index is 14.1. The van der Waals surface area contributed by atoms with Gasteiger partial charge in [-0.1, -0.05) is 12.1 Å². The van der Waals surface area contributed by atoms with Crippen LogP contribution in [-0.2, 0) is 11.8 Å². The predicted octanol–water partition coefficient (Wildman–Crippen LogP) is 3.61. The Balaban J connectivity index is 1.58. The number of rotatable bonds is 4. The van der Waals surface area contributed by atoms with Crippen LogP contribution < -0.4 is 5.32 Å². The number of halogens is 1. The Hall–Kier alpha value is -2.47. The molecule has 5 nitrogen and oxygen atoms in total. The van der Waals surface area contributed by atoms with Crippen LogP contribution in [0.25, 0.3) is 10.9 Å². The predicted molar refractivity (Wildman–Crippen MR) is 94.9 cm³/mol. The number of aromatic nitrogens is 3. The molecule has 2 aromatic heterocycles. The summed E-state index contributed by atoms with van der Waals surface area (Å²) in [6.07, 6.45) is 4.69. The van der Waals surface area contributed by atoms with Gasteiger partial charge in [-0.15, -0.1) is 0 Å². The molecule has 1 aliphatic heterocycles. The van der Waals surface area contributed by atoms with Crippen molar-refractivity contribution in [2.24, 2.45) is 13.0 Å². The standard InChI is InChI=1S/C19H21FN4O/c1-12-10-16(14-4-3-5-15(20)17(14)23-12)22-11-13-6-9-25-18(13)19-21-7-8-24(19)2/h3-5,7-8,10,13,18H,6,9,11H2,1-2H3,(H,22,23)/t13-,18+/m0/s1. The molecule has 6 heteroatoms. The number of hydrogen-bond acceptors (Lipinski definition) is 4. The molecule has 0 aliphatic carbocycles. The van der Waals surface area contributed by atoms with Gasteiger partial charge >= 0.3 is 0 Å². The molecule has 3 heterocycles. The molecule has 0 amide bonds. The van der Waals surface area contributed by atoms with Gasteiger partial charge in [0.25, 0.3) is 0 Å². The molecule has 25 heavy (non-hydrogen) atoms. The zero-order valence-corrected chi connectivity index (χ0v) is 14.4. The Morgan fingerprint density at radius 1 is 1.40 bits per heavy atom. The Morgan fingerprint density at radius 3 is 3.08 bits per heavy atom. The number of nitrogens with one attached hydrogen (secondary N) is 1. The highest BCUT2D eigenvalue weighted by Gasteiger charge is 2.32. The molecular formula is C19H21FN4O. The first kappa shape index (κ1) is 16.0. The van der Waals surface area contributed by atoms with Crippen LogP contribution in [0.1, 0.15) is 24.0 Å². The maximum Gasteiger partial charge on any atom is 0.149 e. The highest BCUT2D eigenvalue weighted by molar-refractivity contribution is 5.91. The summed E-state index contributed by atoms with van der Waals surface area (Å²) in [5.74, 6) is 0.976. The fourth-order valence-electron chi connectivity index (χ4n) is 3.51. The fourth-order valence-corrected chi connectivity index (χ4v) is 3.51. The molecule has 1 aliphatic rings. The van der Waals surface area contributed by atoms with Gasteiger partial charge in [-0.05, 0) is 25.5 Å². The largest absolute Gasteiger partial charge is 0.384 e. The van der Waals surface area contributed by atoms with Crippen molar-refractivity contribution >= 4 is 16.6 Å². The van der Waals surface area contributed by atoms with E-state index in [1.807, 2.05) is 36.9 Å². The normalized spacial score (nSPS) is 20.3. The number of ether oxygens (including phenoxy) is 1. The molecule has 0 saturated carbocycles. The number of pyridine rings is 1. The van der Waals surface area contributed by atoms with Crippen LogP contribution in [0.2, 0.25) is 0 Å². The summed E-state index contributed by atoms with van der Waals surface area (Å²) >= 11 is 0. The zero-order valence-electron chi connectivity index (χ0n) is 14.4. The molecule has 0 bridgehead atoms. The minimum atomic E-state index is -0.292. The molecule has 0 unspecified atom stereocenters. The zero-order chi connectivity index (χ0) is 17.4. The third kappa shape index (κ3) is 2.98. The Morgan fingerprint density at radius 2 is 2.28 bits per heavy atom. The lowest BCUT2D eigenvalue weighted by Gasteiger charge is -2.20. The van der Waals surface area contributed by atoms with E-state index in [9.17, 15) is 4.39 Å². The molecule has 2 atom stereocenters. The van der Waals surface area contributed by atoms with Gasteiger partial charge in [-0.3, -0.25) is 0 Å². The van der Waals surface area contributed by atoms with Gasteiger partial charge in [-0.2, -0.15) is 0 Å². The van der Waals surface area contributed by atoms with E-state index in [2.05, 4.69) is 15.3 Å². The summed E-state index contributed by atoms with van der Waals surface area (Å²) in [7, 11) is 1.98. The van der Waals surface area contributed by atoms with Crippen LogP contribution in [0.4, 0.5) is 10.1 Å². The van der Waals surface area contributed by atoms with Crippen LogP contribution in [0.5, 0.6) is 0 Å². The van der Waals surface area contributed by atoms with Gasteiger partial charge < -0.3 is 14.6 Å². The van der Waals surface area contributed by atoms with Crippen LogP contribution in [-0.4, -0.2) is 27.7 Å². The highest BCUT2D eigenvalue weighted by atomic mass is 19.1. The van der Waals surface area contributed by atoms with Crippen molar-refractivity contribution in [3.8, 4) is 0 Å². The first-order valence-corrected chi connectivity index (χ1v) is 8.52. The summed E-state index contributed by atoms with van der Waals surface area (Å²) in [5.41, 5.74) is 2.12. The van der Waals surface area contributed by atoms with Crippen molar-refractivity contribution in [2.45, 2.75) is 19.4 Å². The molecule has 0 spiro atoms. The molecule has 1 saturated heterocycles. The summed E-state index contributed by atoms with van der Waals surface area (Å²) in [5, 5.41) is 4.29. The SMILES string of the molecule is Cc1cc(NC[C@@H]2CCO[C@H]2c2nccn2C)c2cccc(F)c2n1. The summed E-state index contributed by atoms with van der Waals surface area (Å²) in [6, 6.07) is 7.03. The van der Waals surface area contributed by atoms with E-state index >= 15 is 0 Å². The van der Waals surface area contributed by atoms with Crippen molar-refractivity contribution < 1.29 is 9.13 Å². The highest BCUT2D eigenvalue weighted by Crippen LogP contribution is 2.34. The van der Waals surface area contributed by atoms with Gasteiger partial charge in [0.2, 0.25) is 0 Å². The number of imidazole rings is 1. The second-order valence-corrected chi connectivity index (χ2v) is 6.56. The first-order chi connectivity index (χ1) is 12.1. The molecule has 130 valence electrons. The van der Waals surface area contributed by atoms with E-state index < -0.39 is 0 Å². The number of fused-ring (bicyclic) bond motifs is 1. The molecule has 4 rings (SSSR count). The van der Waals surface area contributed by atoms with E-state index in [1.165, 1.54) is 6.07 Å². The third-order valence-corrected chi connectivity index (χ3v) is 4.80. The van der Waals surface area contributed by atoms with E-state index in [0.717, 1.165) is 42.2 Å². The lowest BCUT2D eigenvalue weighted by atomic mass is 10.0. The lowest BCUT2D eigenvalue weighted by molar-refractivity contribution is 0.0839. The van der Waals surface area contributed by atoms with Crippen molar-refractivity contribution in [1.82, 2.24) is 14.5 Å². The van der Waals surface area contributed by atoms with Gasteiger partial charge in [0.05, 0.1) is 0 Å². The van der Waals surface area contributed by atoms with Gasteiger partial charge in [0.1, 0.15) is 23.3 Å². The fraction of sp³-hybridized carbons (Fsp3) is 0.368. The second kappa shape index (κ2) is 6.44. The molecule has 1 aromatic carbocycles. The number of para-hydroxylation sites is 1. The van der Waals surface area contributed by atoms with E-state index in [0.29, 0.717) is 11.4 Å². The molecular weight excluding hydrogens is 319 g/mol. The quantitative estimate of drug-likeness (QED) is 0.788. The smallest absolute Gasteiger partial charge is 0.149 e. The average Bonchev–Trinajstić information content (AvgIpc) is 3.21. The van der Waals surface area contributed by atoms with Gasteiger partial charge in [0, 0.05) is 55.3 Å². The number of nitrogens with zero attached hydrogens (tertiary/aromatic N) is 3. The third-order valence-electron chi connectivity index (χ3n) is 4.80. The van der Waals surface area contributed by atoms with Crippen molar-refractivity contribution in [3.63, 3.8) is 0 Å². The molecule has 3 aromatic rings. The monoisotopic (exact) mass is 340 g/mol. The van der Waals surface area contributed by atoms with Crippen LogP contribution >= 0.6 is 0 Å². The van der Waals surface area contributed by atoms with Gasteiger partial charge in [-0.25, -0.2) is 14.4 Å². The lowest BCUT2D eigenvalue weighted by Crippen LogP contribution is -2.20. The Kier molecular flexibility index (Phi) is 4.13. The molecule has 1 fully saturated rings. The Bertz CT molecular complexity index is 908. The second-order valence-electron chi connectivity index (χ2n) is 6.56. The summed E-state index contributed by atoms with van der Waals surface area (Å²) in [6.45, 7) is 3.35. The van der Waals surface area contributed by atoms with Crippen molar-refractivity contribution in [2.75, 3.05) is 18.5 Å². The Labute approximate surface area is 145 Å². The summed E-state index contributed by atoms with van der Waals surface area (Å²) in [4.78, 5) is 8.76. The van der Waals surface area contributed by atoms with E-state index in [4.69, 9.17) is 4.74 Å². The van der Waals surface area contributed by atoms with Crippen LogP contribution in [0, 0.1) is 18.7 Å². The first-order valence-electron chi connectivity index (χ1n) is 8.52. The molecule has 1 N–H and O–H groups in total. The minimum absolute atomic E-state index is 0.0153. The minimum Gasteiger partial charge on any atom is -0.384 e. The van der Waals surface area contributed by atoms with Gasteiger partial charge in [0.15, 0.2) is 0 Å². The number of anilines is 1. The van der Waals surface area contributed by atoms with Crippen molar-refractivity contribution in [3.05, 3.63) is 54.0 Å². The topological polar surface area (TPSA) is 52.0 Å². The summed E-state index contributed by atoms with van der Waals surface area (Å²) < 4.78 is 22.0. The van der Waals surface area contributed by atoms with Crippen LogP contribution in [0.3, 0.4) is 0 Å². The van der Waals surface area contributed by atoms with E-state index in [1.54, 1.807) is 12.3 Å². The maximum absolute atomic E-state index is 14.1. The van der Waals surface area contributed by atoms with E-state index in [-0.39, 0.29) is 11.9 Å². The number of aryl methyl sites for hydroxylation is 2. The van der Waals surface area contributed by atoms with Crippen LogP contribution in [0.15, 0.2) is 36.7 Å². The van der Waals surface area contributed by atoms with Crippen molar-refractivity contribution in [1.29, 1.82) is 0 Å². The number of benzene rings is 1. The number of hydrogen-bond donors (Lipinski definition) is 1.